The summed E-state index contributed by atoms with van der Waals surface area (Å²) < 4.78 is 36.7. The first-order valence-corrected chi connectivity index (χ1v) is 11.7. The molecule has 2 heterocycles. The zero-order valence-corrected chi connectivity index (χ0v) is 18.3. The van der Waals surface area contributed by atoms with E-state index in [2.05, 4.69) is 15.5 Å². The largest absolute Gasteiger partial charge is 0.468 e. The Morgan fingerprint density at radius 3 is 2.39 bits per heavy atom. The lowest BCUT2D eigenvalue weighted by molar-refractivity contribution is -0.139. The first-order valence-electron chi connectivity index (χ1n) is 9.77. The van der Waals surface area contributed by atoms with Crippen LogP contribution in [0.5, 0.6) is 0 Å². The van der Waals surface area contributed by atoms with Gasteiger partial charge >= 0.3 is 11.8 Å². The van der Waals surface area contributed by atoms with E-state index in [-0.39, 0.29) is 17.2 Å². The van der Waals surface area contributed by atoms with Crippen LogP contribution in [0.25, 0.3) is 0 Å². The molecule has 2 amide bonds. The topological polar surface area (TPSA) is 118 Å². The molecule has 0 spiro atoms. The van der Waals surface area contributed by atoms with Crippen LogP contribution in [0.1, 0.15) is 11.0 Å². The number of sulfone groups is 1. The Balaban J connectivity index is 1.59. The van der Waals surface area contributed by atoms with Crippen molar-refractivity contribution in [2.75, 3.05) is 45.9 Å². The number of nitrogens with zero attached hydrogens (tertiary/aromatic N) is 1. The SMILES string of the molecule is O=C(NCCN1CCOCC1)C(=O)NCC(c1ccco1)S(=O)(=O)c1ccc(Cl)cc1. The number of hydrogen-bond donors (Lipinski definition) is 2. The molecule has 1 fully saturated rings. The smallest absolute Gasteiger partial charge is 0.309 e. The summed E-state index contributed by atoms with van der Waals surface area (Å²) in [5.41, 5.74) is 0. The number of morpholine rings is 1. The van der Waals surface area contributed by atoms with E-state index in [1.165, 1.54) is 36.6 Å². The number of ether oxygens (including phenoxy) is 1. The zero-order valence-electron chi connectivity index (χ0n) is 16.8. The van der Waals surface area contributed by atoms with Crippen LogP contribution >= 0.6 is 11.6 Å². The third kappa shape index (κ3) is 6.30. The minimum atomic E-state index is -3.91. The van der Waals surface area contributed by atoms with Gasteiger partial charge in [-0.25, -0.2) is 8.42 Å². The van der Waals surface area contributed by atoms with Gasteiger partial charge < -0.3 is 19.8 Å². The fraction of sp³-hybridized carbons (Fsp3) is 0.400. The number of carbonyl (C=O) groups excluding carboxylic acids is 2. The molecule has 0 saturated carbocycles. The number of amides is 2. The summed E-state index contributed by atoms with van der Waals surface area (Å²) in [4.78, 5) is 26.4. The van der Waals surface area contributed by atoms with Crippen molar-refractivity contribution in [3.63, 3.8) is 0 Å². The Morgan fingerprint density at radius 2 is 1.74 bits per heavy atom. The first kappa shape index (κ1) is 23.3. The van der Waals surface area contributed by atoms with E-state index in [1.807, 2.05) is 0 Å². The van der Waals surface area contributed by atoms with Crippen LogP contribution in [0.15, 0.2) is 52.0 Å². The summed E-state index contributed by atoms with van der Waals surface area (Å²) in [5, 5.41) is 4.14. The fourth-order valence-corrected chi connectivity index (χ4v) is 4.84. The van der Waals surface area contributed by atoms with E-state index in [1.54, 1.807) is 6.07 Å². The summed E-state index contributed by atoms with van der Waals surface area (Å²) >= 11 is 5.85. The first-order chi connectivity index (χ1) is 14.9. The Hall–Kier alpha value is -2.40. The molecule has 1 atom stereocenters. The molecule has 168 valence electrons. The molecule has 1 saturated heterocycles. The van der Waals surface area contributed by atoms with Gasteiger partial charge in [0, 0.05) is 37.7 Å². The number of hydrogen-bond acceptors (Lipinski definition) is 7. The highest BCUT2D eigenvalue weighted by molar-refractivity contribution is 7.91. The van der Waals surface area contributed by atoms with Crippen molar-refractivity contribution in [2.45, 2.75) is 10.1 Å². The fourth-order valence-electron chi connectivity index (χ4n) is 3.12. The molecule has 1 aromatic carbocycles. The third-order valence-electron chi connectivity index (χ3n) is 4.85. The lowest BCUT2D eigenvalue weighted by Gasteiger charge is -2.26. The molecule has 2 N–H and O–H groups in total. The van der Waals surface area contributed by atoms with Crippen molar-refractivity contribution in [3.05, 3.63) is 53.4 Å². The van der Waals surface area contributed by atoms with Crippen molar-refractivity contribution in [2.24, 2.45) is 0 Å². The van der Waals surface area contributed by atoms with Gasteiger partial charge in [-0.1, -0.05) is 11.6 Å². The molecule has 11 heteroatoms. The second kappa shape index (κ2) is 10.8. The lowest BCUT2D eigenvalue weighted by atomic mass is 10.3. The van der Waals surface area contributed by atoms with E-state index in [4.69, 9.17) is 20.8 Å². The van der Waals surface area contributed by atoms with Gasteiger partial charge in [-0.2, -0.15) is 0 Å². The molecule has 1 aliphatic rings. The van der Waals surface area contributed by atoms with Gasteiger partial charge in [0.25, 0.3) is 0 Å². The summed E-state index contributed by atoms with van der Waals surface area (Å²) in [6, 6.07) is 8.76. The minimum Gasteiger partial charge on any atom is -0.468 e. The van der Waals surface area contributed by atoms with E-state index in [9.17, 15) is 18.0 Å². The molecule has 0 bridgehead atoms. The summed E-state index contributed by atoms with van der Waals surface area (Å²) in [7, 11) is -3.91. The van der Waals surface area contributed by atoms with E-state index < -0.39 is 26.9 Å². The molecular formula is C20H24ClN3O6S. The molecule has 31 heavy (non-hydrogen) atoms. The molecule has 1 aromatic heterocycles. The second-order valence-corrected chi connectivity index (χ2v) is 9.49. The Labute approximate surface area is 185 Å². The number of halogens is 1. The standard InChI is InChI=1S/C20H24ClN3O6S/c21-15-3-5-16(6-4-15)31(27,28)18(17-2-1-11-30-17)14-23-20(26)19(25)22-7-8-24-9-12-29-13-10-24/h1-6,11,18H,7-10,12-14H2,(H,22,25)(H,23,26). The van der Waals surface area contributed by atoms with Gasteiger partial charge in [0.05, 0.1) is 24.4 Å². The van der Waals surface area contributed by atoms with Gasteiger partial charge in [0.1, 0.15) is 11.0 Å². The highest BCUT2D eigenvalue weighted by atomic mass is 35.5. The monoisotopic (exact) mass is 469 g/mol. The van der Waals surface area contributed by atoms with E-state index in [0.717, 1.165) is 13.1 Å². The second-order valence-electron chi connectivity index (χ2n) is 6.92. The van der Waals surface area contributed by atoms with Crippen LogP contribution in [0, 0.1) is 0 Å². The van der Waals surface area contributed by atoms with Gasteiger partial charge in [-0.05, 0) is 36.4 Å². The normalized spacial score (nSPS) is 15.9. The predicted molar refractivity (Wildman–Crippen MR) is 113 cm³/mol. The van der Waals surface area contributed by atoms with Crippen LogP contribution in [0.3, 0.4) is 0 Å². The average Bonchev–Trinajstić information content (AvgIpc) is 3.29. The number of furan rings is 1. The van der Waals surface area contributed by atoms with Gasteiger partial charge in [0.15, 0.2) is 9.84 Å². The molecule has 1 unspecified atom stereocenters. The maximum atomic E-state index is 13.1. The number of rotatable bonds is 8. The van der Waals surface area contributed by atoms with Crippen molar-refractivity contribution in [1.29, 1.82) is 0 Å². The Morgan fingerprint density at radius 1 is 1.06 bits per heavy atom. The molecule has 2 aromatic rings. The molecule has 0 aliphatic carbocycles. The van der Waals surface area contributed by atoms with E-state index in [0.29, 0.717) is 31.3 Å². The zero-order chi connectivity index (χ0) is 22.3. The van der Waals surface area contributed by atoms with Gasteiger partial charge in [0.2, 0.25) is 0 Å². The molecule has 0 radical (unpaired) electrons. The molecule has 3 rings (SSSR count). The van der Waals surface area contributed by atoms with Crippen LogP contribution in [-0.2, 0) is 24.2 Å². The van der Waals surface area contributed by atoms with Crippen molar-refractivity contribution < 1.29 is 27.2 Å². The average molecular weight is 470 g/mol. The van der Waals surface area contributed by atoms with Crippen LogP contribution < -0.4 is 10.6 Å². The molecular weight excluding hydrogens is 446 g/mol. The Kier molecular flexibility index (Phi) is 8.08. The van der Waals surface area contributed by atoms with Crippen molar-refractivity contribution in [1.82, 2.24) is 15.5 Å². The quantitative estimate of drug-likeness (QED) is 0.554. The summed E-state index contributed by atoms with van der Waals surface area (Å²) in [5.74, 6) is -1.58. The summed E-state index contributed by atoms with van der Waals surface area (Å²) in [6.07, 6.45) is 1.35. The predicted octanol–water partition coefficient (Wildman–Crippen LogP) is 1.01. The van der Waals surface area contributed by atoms with Crippen molar-refractivity contribution >= 4 is 33.3 Å². The van der Waals surface area contributed by atoms with Crippen LogP contribution in [-0.4, -0.2) is 71.1 Å². The van der Waals surface area contributed by atoms with E-state index >= 15 is 0 Å². The maximum absolute atomic E-state index is 13.1. The van der Waals surface area contributed by atoms with Crippen LogP contribution in [0.4, 0.5) is 0 Å². The van der Waals surface area contributed by atoms with Gasteiger partial charge in [-0.15, -0.1) is 0 Å². The number of benzene rings is 1. The number of nitrogens with one attached hydrogen (secondary N) is 2. The third-order valence-corrected chi connectivity index (χ3v) is 7.18. The summed E-state index contributed by atoms with van der Waals surface area (Å²) in [6.45, 7) is 3.41. The van der Waals surface area contributed by atoms with Crippen molar-refractivity contribution in [3.8, 4) is 0 Å². The van der Waals surface area contributed by atoms with Crippen LogP contribution in [0.2, 0.25) is 5.02 Å². The highest BCUT2D eigenvalue weighted by Gasteiger charge is 2.32. The van der Waals surface area contributed by atoms with Gasteiger partial charge in [-0.3, -0.25) is 14.5 Å². The minimum absolute atomic E-state index is 0.0301. The molecule has 9 nitrogen and oxygen atoms in total. The molecule has 1 aliphatic heterocycles. The highest BCUT2D eigenvalue weighted by Crippen LogP contribution is 2.29. The lowest BCUT2D eigenvalue weighted by Crippen LogP contribution is -2.46. The maximum Gasteiger partial charge on any atom is 0.309 e. The Bertz CT molecular complexity index is 973. The number of carbonyl (C=O) groups is 2.